The van der Waals surface area contributed by atoms with Crippen molar-refractivity contribution in [3.05, 3.63) is 108 Å². The van der Waals surface area contributed by atoms with Crippen molar-refractivity contribution in [1.29, 1.82) is 0 Å². The first-order valence-electron chi connectivity index (χ1n) is 18.2. The lowest BCUT2D eigenvalue weighted by Crippen LogP contribution is -2.67. The van der Waals surface area contributed by atoms with Crippen molar-refractivity contribution in [1.82, 2.24) is 0 Å². The Balaban J connectivity index is 1.54. The summed E-state index contributed by atoms with van der Waals surface area (Å²) in [5.74, 6) is -3.06. The number of ether oxygens (including phenoxy) is 10. The second-order valence-electron chi connectivity index (χ2n) is 13.3. The van der Waals surface area contributed by atoms with Gasteiger partial charge < -0.3 is 52.5 Å². The molecule has 0 bridgehead atoms. The maximum atomic E-state index is 12.6. The van der Waals surface area contributed by atoms with Crippen molar-refractivity contribution in [3.63, 3.8) is 0 Å². The van der Waals surface area contributed by atoms with E-state index in [2.05, 4.69) is 0 Å². The summed E-state index contributed by atoms with van der Waals surface area (Å²) in [6.07, 6.45) is -13.5. The number of carbonyl (C=O) groups excluding carboxylic acids is 4. The molecule has 3 aromatic rings. The number of rotatable bonds is 17. The van der Waals surface area contributed by atoms with Gasteiger partial charge >= 0.3 is 23.9 Å². The molecule has 2 fully saturated rings. The van der Waals surface area contributed by atoms with Crippen LogP contribution in [0.15, 0.2) is 91.0 Å². The van der Waals surface area contributed by atoms with Crippen molar-refractivity contribution < 1.29 is 71.7 Å². The fourth-order valence-electron chi connectivity index (χ4n) is 6.42. The number of benzene rings is 3. The van der Waals surface area contributed by atoms with Crippen LogP contribution in [0.5, 0.6) is 0 Å². The smallest absolute Gasteiger partial charge is 0.303 e. The molecule has 15 nitrogen and oxygen atoms in total. The van der Waals surface area contributed by atoms with Crippen LogP contribution in [-0.4, -0.2) is 104 Å². The fraction of sp³-hybridized carbons (Fsp3) is 0.463. The second-order valence-corrected chi connectivity index (χ2v) is 13.3. The van der Waals surface area contributed by atoms with Gasteiger partial charge in [-0.3, -0.25) is 19.2 Å². The van der Waals surface area contributed by atoms with Crippen LogP contribution >= 0.6 is 0 Å². The molecule has 2 aliphatic rings. The highest BCUT2D eigenvalue weighted by molar-refractivity contribution is 5.68. The minimum atomic E-state index is -1.61. The standard InChI is InChI=1S/C41H48O15/c1-25(42)48-24-33-35(51-26(2)43)37(52-27(3)44)39(53-28(4)45)41(55-33)56-36-34(49-21-30-16-10-6-11-17-30)32(23-47-20-29-14-8-5-9-15-29)54-40(46)38(36)50-22-31-18-12-7-13-19-31/h5-19,32-41,46H,20-24H2,1-4H3/t32-,33-,34-,35-,36+,37+,38-,39+,40+,41-/m1/s1. The molecule has 0 unspecified atom stereocenters. The van der Waals surface area contributed by atoms with E-state index in [1.807, 2.05) is 91.0 Å². The zero-order valence-electron chi connectivity index (χ0n) is 31.6. The molecule has 0 aliphatic carbocycles. The Morgan fingerprint density at radius 1 is 0.518 bits per heavy atom. The van der Waals surface area contributed by atoms with Gasteiger partial charge in [-0.05, 0) is 16.7 Å². The molecule has 3 aromatic carbocycles. The average molecular weight is 781 g/mol. The van der Waals surface area contributed by atoms with Crippen LogP contribution in [0.4, 0.5) is 0 Å². The van der Waals surface area contributed by atoms with E-state index in [1.54, 1.807) is 0 Å². The third-order valence-corrected chi connectivity index (χ3v) is 8.81. The van der Waals surface area contributed by atoms with E-state index in [0.29, 0.717) is 0 Å². The first kappa shape index (κ1) is 42.4. The van der Waals surface area contributed by atoms with E-state index < -0.39 is 91.9 Å². The molecule has 2 heterocycles. The Hall–Kier alpha value is -4.74. The van der Waals surface area contributed by atoms with Gasteiger partial charge in [-0.2, -0.15) is 0 Å². The monoisotopic (exact) mass is 780 g/mol. The summed E-state index contributed by atoms with van der Waals surface area (Å²) in [5.41, 5.74) is 2.50. The van der Waals surface area contributed by atoms with Crippen molar-refractivity contribution in [3.8, 4) is 0 Å². The van der Waals surface area contributed by atoms with E-state index in [4.69, 9.17) is 47.4 Å². The number of hydrogen-bond donors (Lipinski definition) is 1. The molecule has 15 heteroatoms. The zero-order valence-corrected chi connectivity index (χ0v) is 31.6. The van der Waals surface area contributed by atoms with Crippen LogP contribution in [0, 0.1) is 0 Å². The summed E-state index contributed by atoms with van der Waals surface area (Å²) >= 11 is 0. The molecule has 0 spiro atoms. The lowest BCUT2D eigenvalue weighted by atomic mass is 9.96. The summed E-state index contributed by atoms with van der Waals surface area (Å²) in [4.78, 5) is 49.4. The third-order valence-electron chi connectivity index (χ3n) is 8.81. The summed E-state index contributed by atoms with van der Waals surface area (Å²) in [6.45, 7) is 4.35. The maximum absolute atomic E-state index is 12.6. The molecule has 302 valence electrons. The van der Waals surface area contributed by atoms with Crippen molar-refractivity contribution in [2.45, 2.75) is 109 Å². The Bertz CT molecular complexity index is 1690. The zero-order chi connectivity index (χ0) is 40.0. The van der Waals surface area contributed by atoms with Gasteiger partial charge in [0.1, 0.15) is 37.1 Å². The number of aliphatic hydroxyl groups is 1. The topological polar surface area (TPSA) is 181 Å². The van der Waals surface area contributed by atoms with E-state index in [9.17, 15) is 24.3 Å². The summed E-state index contributed by atoms with van der Waals surface area (Å²) in [6, 6.07) is 28.0. The van der Waals surface area contributed by atoms with Gasteiger partial charge in [0, 0.05) is 27.7 Å². The van der Waals surface area contributed by atoms with Crippen LogP contribution in [0.2, 0.25) is 0 Å². The largest absolute Gasteiger partial charge is 0.463 e. The lowest BCUT2D eigenvalue weighted by molar-refractivity contribution is -0.366. The lowest BCUT2D eigenvalue weighted by Gasteiger charge is -2.48. The SMILES string of the molecule is CC(=O)OC[C@H]1O[C@H](O[C@@H]2[C@@H](OCc3ccccc3)[C@@H](O)O[C@H](COCc3ccccc3)[C@H]2OCc2ccccc2)[C@@H](OC(C)=O)[C@@H](OC(C)=O)[C@@H]1OC(C)=O. The predicted molar refractivity (Wildman–Crippen MR) is 194 cm³/mol. The molecule has 0 aromatic heterocycles. The van der Waals surface area contributed by atoms with Gasteiger partial charge in [-0.25, -0.2) is 0 Å². The third kappa shape index (κ3) is 12.4. The molecule has 0 amide bonds. The van der Waals surface area contributed by atoms with Crippen LogP contribution in [0.1, 0.15) is 44.4 Å². The van der Waals surface area contributed by atoms with Gasteiger partial charge in [-0.15, -0.1) is 0 Å². The minimum Gasteiger partial charge on any atom is -0.463 e. The highest BCUT2D eigenvalue weighted by Crippen LogP contribution is 2.35. The molecule has 2 saturated heterocycles. The van der Waals surface area contributed by atoms with Gasteiger partial charge in [-0.1, -0.05) is 91.0 Å². The van der Waals surface area contributed by atoms with E-state index in [0.717, 1.165) is 37.5 Å². The van der Waals surface area contributed by atoms with Crippen molar-refractivity contribution in [2.24, 2.45) is 0 Å². The molecule has 5 rings (SSSR count). The Kier molecular flexibility index (Phi) is 15.9. The van der Waals surface area contributed by atoms with Crippen LogP contribution in [0.25, 0.3) is 0 Å². The number of aliphatic hydroxyl groups excluding tert-OH is 1. The van der Waals surface area contributed by atoms with Crippen LogP contribution in [-0.2, 0) is 86.4 Å². The average Bonchev–Trinajstić information content (AvgIpc) is 3.16. The van der Waals surface area contributed by atoms with E-state index in [1.165, 1.54) is 6.92 Å². The van der Waals surface area contributed by atoms with Gasteiger partial charge in [0.05, 0.1) is 26.4 Å². The van der Waals surface area contributed by atoms with Gasteiger partial charge in [0.25, 0.3) is 0 Å². The van der Waals surface area contributed by atoms with E-state index in [-0.39, 0.29) is 26.4 Å². The van der Waals surface area contributed by atoms with Gasteiger partial charge in [0.2, 0.25) is 0 Å². The molecule has 1 N–H and O–H groups in total. The van der Waals surface area contributed by atoms with E-state index >= 15 is 0 Å². The molecule has 0 radical (unpaired) electrons. The second kappa shape index (κ2) is 21.0. The molecule has 0 saturated carbocycles. The Morgan fingerprint density at radius 2 is 0.982 bits per heavy atom. The highest BCUT2D eigenvalue weighted by atomic mass is 16.8. The summed E-state index contributed by atoms with van der Waals surface area (Å²) < 4.78 is 60.2. The normalized spacial score (nSPS) is 27.4. The minimum absolute atomic E-state index is 0.0188. The first-order chi connectivity index (χ1) is 27.0. The number of esters is 4. The Labute approximate surface area is 325 Å². The molecule has 56 heavy (non-hydrogen) atoms. The molecule has 10 atom stereocenters. The van der Waals surface area contributed by atoms with Crippen molar-refractivity contribution >= 4 is 23.9 Å². The summed E-state index contributed by atoms with van der Waals surface area (Å²) in [5, 5.41) is 11.6. The summed E-state index contributed by atoms with van der Waals surface area (Å²) in [7, 11) is 0. The molecular formula is C41H48O15. The Morgan fingerprint density at radius 3 is 1.50 bits per heavy atom. The maximum Gasteiger partial charge on any atom is 0.303 e. The molecular weight excluding hydrogens is 732 g/mol. The number of carbonyl (C=O) groups is 4. The quantitative estimate of drug-likeness (QED) is 0.155. The fourth-order valence-corrected chi connectivity index (χ4v) is 6.42. The predicted octanol–water partition coefficient (Wildman–Crippen LogP) is 3.56. The number of hydrogen-bond acceptors (Lipinski definition) is 15. The van der Waals surface area contributed by atoms with Crippen LogP contribution < -0.4 is 0 Å². The van der Waals surface area contributed by atoms with Gasteiger partial charge in [0.15, 0.2) is 30.9 Å². The first-order valence-corrected chi connectivity index (χ1v) is 18.2. The molecule has 2 aliphatic heterocycles. The van der Waals surface area contributed by atoms with Crippen molar-refractivity contribution in [2.75, 3.05) is 13.2 Å². The highest BCUT2D eigenvalue weighted by Gasteiger charge is 2.56. The van der Waals surface area contributed by atoms with Crippen LogP contribution in [0.3, 0.4) is 0 Å².